The molecular weight excluding hydrogens is 525 g/mol. The second-order valence-corrected chi connectivity index (χ2v) is 8.97. The van der Waals surface area contributed by atoms with Crippen molar-refractivity contribution in [2.24, 2.45) is 0 Å². The number of amides is 1. The van der Waals surface area contributed by atoms with Crippen LogP contribution in [0.15, 0.2) is 67.3 Å². The van der Waals surface area contributed by atoms with Crippen LogP contribution in [-0.2, 0) is 12.7 Å². The lowest BCUT2D eigenvalue weighted by Gasteiger charge is -2.19. The number of rotatable bonds is 9. The molecule has 0 saturated heterocycles. The highest BCUT2D eigenvalue weighted by molar-refractivity contribution is 6.05. The van der Waals surface area contributed by atoms with Crippen LogP contribution in [0.25, 0.3) is 16.9 Å². The van der Waals surface area contributed by atoms with Gasteiger partial charge in [0.2, 0.25) is 0 Å². The number of carbonyl (C=O) groups excluding carboxylic acids is 1. The van der Waals surface area contributed by atoms with Gasteiger partial charge in [-0.15, -0.1) is 5.10 Å². The van der Waals surface area contributed by atoms with E-state index in [4.69, 9.17) is 9.47 Å². The number of hydrogen-bond acceptors (Lipinski definition) is 7. The average Bonchev–Trinajstić information content (AvgIpc) is 3.41. The first kappa shape index (κ1) is 28.1. The minimum atomic E-state index is -4.64. The topological polar surface area (TPSA) is 103 Å². The first-order valence-corrected chi connectivity index (χ1v) is 12.0. The zero-order valence-corrected chi connectivity index (χ0v) is 22.3. The van der Waals surface area contributed by atoms with Crippen molar-refractivity contribution in [3.63, 3.8) is 0 Å². The van der Waals surface area contributed by atoms with E-state index in [1.165, 1.54) is 18.9 Å². The van der Waals surface area contributed by atoms with E-state index < -0.39 is 17.6 Å². The summed E-state index contributed by atoms with van der Waals surface area (Å²) in [5.74, 6) is 0.0377. The molecule has 1 amide bonds. The van der Waals surface area contributed by atoms with Crippen molar-refractivity contribution in [2.75, 3.05) is 19.5 Å². The van der Waals surface area contributed by atoms with Gasteiger partial charge >= 0.3 is 6.18 Å². The molecule has 40 heavy (non-hydrogen) atoms. The summed E-state index contributed by atoms with van der Waals surface area (Å²) in [5.41, 5.74) is 2.51. The molecule has 0 atom stereocenters. The Hall–Kier alpha value is -4.87. The molecule has 0 saturated carbocycles. The lowest BCUT2D eigenvalue weighted by atomic mass is 10.1. The maximum atomic E-state index is 13.7. The molecule has 2 N–H and O–H groups in total. The number of benzene rings is 2. The van der Waals surface area contributed by atoms with Gasteiger partial charge in [0, 0.05) is 35.1 Å². The summed E-state index contributed by atoms with van der Waals surface area (Å²) >= 11 is 0. The van der Waals surface area contributed by atoms with Crippen molar-refractivity contribution < 1.29 is 27.4 Å². The first-order chi connectivity index (χ1) is 19.0. The Labute approximate surface area is 228 Å². The Morgan fingerprint density at radius 2 is 1.88 bits per heavy atom. The van der Waals surface area contributed by atoms with Crippen LogP contribution in [-0.4, -0.2) is 40.1 Å². The van der Waals surface area contributed by atoms with E-state index in [-0.39, 0.29) is 29.1 Å². The molecule has 0 bridgehead atoms. The number of nitrogens with one attached hydrogen (secondary N) is 2. The maximum absolute atomic E-state index is 13.7. The van der Waals surface area contributed by atoms with Crippen molar-refractivity contribution >= 4 is 11.6 Å². The SMILES string of the molecule is C=C(C)NCc1cc(C(F)(F)F)cc(NC(=O)c2ccc(C)c(-n3cc(-c4cncc(OC)c4)nn3)c2)c1OC. The number of aryl methyl sites for hydroxylation is 1. The minimum Gasteiger partial charge on any atom is -0.495 e. The Bertz CT molecular complexity index is 1570. The van der Waals surface area contributed by atoms with Gasteiger partial charge in [0.1, 0.15) is 17.2 Å². The van der Waals surface area contributed by atoms with E-state index in [1.807, 2.05) is 6.92 Å². The number of carbonyl (C=O) groups is 1. The highest BCUT2D eigenvalue weighted by Crippen LogP contribution is 2.38. The zero-order valence-electron chi connectivity index (χ0n) is 22.3. The van der Waals surface area contributed by atoms with Gasteiger partial charge in [-0.3, -0.25) is 9.78 Å². The summed E-state index contributed by atoms with van der Waals surface area (Å²) in [4.78, 5) is 17.4. The number of nitrogens with zero attached hydrogens (tertiary/aromatic N) is 4. The standard InChI is InChI=1S/C28H27F3N6O3/c1-16(2)33-13-20-8-21(28(29,30)31)11-23(26(20)40-5)34-27(38)18-7-6-17(3)25(10-18)37-15-24(35-36-37)19-9-22(39-4)14-32-12-19/h6-12,14-15,33H,1,13H2,2-5H3,(H,34,38). The predicted molar refractivity (Wildman–Crippen MR) is 143 cm³/mol. The number of alkyl halides is 3. The molecule has 2 aromatic heterocycles. The number of hydrogen-bond donors (Lipinski definition) is 2. The molecule has 0 radical (unpaired) electrons. The van der Waals surface area contributed by atoms with Gasteiger partial charge in [-0.25, -0.2) is 4.68 Å². The van der Waals surface area contributed by atoms with Gasteiger partial charge in [0.15, 0.2) is 0 Å². The summed E-state index contributed by atoms with van der Waals surface area (Å²) in [7, 11) is 2.86. The third kappa shape index (κ3) is 6.22. The molecule has 2 aromatic carbocycles. The number of methoxy groups -OCH3 is 2. The summed E-state index contributed by atoms with van der Waals surface area (Å²) in [6.07, 6.45) is 0.233. The molecule has 0 unspecified atom stereocenters. The van der Waals surface area contributed by atoms with Crippen LogP contribution >= 0.6 is 0 Å². The molecule has 208 valence electrons. The van der Waals surface area contributed by atoms with E-state index in [0.29, 0.717) is 28.4 Å². The Kier molecular flexibility index (Phi) is 8.08. The Morgan fingerprint density at radius 1 is 1.10 bits per heavy atom. The highest BCUT2D eigenvalue weighted by Gasteiger charge is 2.33. The van der Waals surface area contributed by atoms with Crippen molar-refractivity contribution in [3.05, 3.63) is 89.5 Å². The molecule has 0 spiro atoms. The summed E-state index contributed by atoms with van der Waals surface area (Å²) < 4.78 is 53.1. The van der Waals surface area contributed by atoms with Crippen molar-refractivity contribution in [1.29, 1.82) is 0 Å². The molecule has 0 aliphatic rings. The van der Waals surface area contributed by atoms with Crippen LogP contribution in [0.5, 0.6) is 11.5 Å². The lowest BCUT2D eigenvalue weighted by Crippen LogP contribution is -2.17. The normalized spacial score (nSPS) is 11.2. The van der Waals surface area contributed by atoms with Crippen LogP contribution in [0.1, 0.15) is 34.0 Å². The monoisotopic (exact) mass is 552 g/mol. The number of pyridine rings is 1. The lowest BCUT2D eigenvalue weighted by molar-refractivity contribution is -0.137. The minimum absolute atomic E-state index is 0.0252. The van der Waals surface area contributed by atoms with Crippen LogP contribution in [0.4, 0.5) is 18.9 Å². The number of halogens is 3. The van der Waals surface area contributed by atoms with Gasteiger partial charge in [-0.05, 0) is 49.7 Å². The number of anilines is 1. The third-order valence-corrected chi connectivity index (χ3v) is 5.98. The molecule has 12 heteroatoms. The molecular formula is C28H27F3N6O3. The van der Waals surface area contributed by atoms with Crippen LogP contribution in [0.2, 0.25) is 0 Å². The fraction of sp³-hybridized carbons (Fsp3) is 0.214. The van der Waals surface area contributed by atoms with Crippen molar-refractivity contribution in [2.45, 2.75) is 26.6 Å². The van der Waals surface area contributed by atoms with Gasteiger partial charge in [-0.1, -0.05) is 17.9 Å². The Balaban J connectivity index is 1.67. The van der Waals surface area contributed by atoms with Crippen LogP contribution in [0.3, 0.4) is 0 Å². The van der Waals surface area contributed by atoms with Gasteiger partial charge < -0.3 is 20.1 Å². The summed E-state index contributed by atoms with van der Waals surface area (Å²) in [6.45, 7) is 7.25. The predicted octanol–water partition coefficient (Wildman–Crippen LogP) is 5.55. The van der Waals surface area contributed by atoms with E-state index in [0.717, 1.165) is 17.7 Å². The number of allylic oxidation sites excluding steroid dienone is 1. The van der Waals surface area contributed by atoms with E-state index in [9.17, 15) is 18.0 Å². The highest BCUT2D eigenvalue weighted by atomic mass is 19.4. The van der Waals surface area contributed by atoms with Crippen molar-refractivity contribution in [3.8, 4) is 28.4 Å². The summed E-state index contributed by atoms with van der Waals surface area (Å²) in [5, 5.41) is 13.9. The number of ether oxygens (including phenoxy) is 2. The van der Waals surface area contributed by atoms with Gasteiger partial charge in [0.05, 0.1) is 43.6 Å². The van der Waals surface area contributed by atoms with Gasteiger partial charge in [0.25, 0.3) is 5.91 Å². The molecule has 0 fully saturated rings. The van der Waals surface area contributed by atoms with Crippen molar-refractivity contribution in [1.82, 2.24) is 25.3 Å². The second-order valence-electron chi connectivity index (χ2n) is 8.97. The average molecular weight is 553 g/mol. The molecule has 0 aliphatic heterocycles. The molecule has 9 nitrogen and oxygen atoms in total. The maximum Gasteiger partial charge on any atom is 0.416 e. The van der Waals surface area contributed by atoms with Crippen LogP contribution in [0, 0.1) is 6.92 Å². The fourth-order valence-corrected chi connectivity index (χ4v) is 3.94. The third-order valence-electron chi connectivity index (χ3n) is 5.98. The second kappa shape index (κ2) is 11.5. The molecule has 4 rings (SSSR count). The number of aromatic nitrogens is 4. The van der Waals surface area contributed by atoms with E-state index >= 15 is 0 Å². The fourth-order valence-electron chi connectivity index (χ4n) is 3.94. The van der Waals surface area contributed by atoms with Gasteiger partial charge in [-0.2, -0.15) is 13.2 Å². The van der Waals surface area contributed by atoms with E-state index in [1.54, 1.807) is 49.8 Å². The Morgan fingerprint density at radius 3 is 2.55 bits per heavy atom. The smallest absolute Gasteiger partial charge is 0.416 e. The molecule has 0 aliphatic carbocycles. The zero-order chi connectivity index (χ0) is 29.0. The first-order valence-electron chi connectivity index (χ1n) is 12.0. The largest absolute Gasteiger partial charge is 0.495 e. The quantitative estimate of drug-likeness (QED) is 0.281. The molecule has 2 heterocycles. The summed E-state index contributed by atoms with van der Waals surface area (Å²) in [6, 6.07) is 8.46. The molecule has 4 aromatic rings. The van der Waals surface area contributed by atoms with E-state index in [2.05, 4.69) is 32.5 Å². The van der Waals surface area contributed by atoms with Crippen LogP contribution < -0.4 is 20.1 Å².